The lowest BCUT2D eigenvalue weighted by atomic mass is 10.0. The number of nitro benzene ring substituents is 1. The van der Waals surface area contributed by atoms with Crippen molar-refractivity contribution in [3.05, 3.63) is 39.9 Å². The number of nitriles is 1. The maximum atomic E-state index is 12.4. The number of ether oxygens (including phenoxy) is 1. The first kappa shape index (κ1) is 23.1. The molecule has 2 atom stereocenters. The van der Waals surface area contributed by atoms with Gasteiger partial charge in [-0.25, -0.2) is 4.79 Å². The van der Waals surface area contributed by atoms with Gasteiger partial charge in [-0.15, -0.1) is 0 Å². The van der Waals surface area contributed by atoms with E-state index in [1.807, 2.05) is 0 Å². The molecule has 0 radical (unpaired) electrons. The number of carbonyl (C=O) groups is 2. The Kier molecular flexibility index (Phi) is 9.03. The maximum Gasteiger partial charge on any atom is 0.407 e. The number of benzene rings is 1. The normalized spacial score (nSPS) is 16.9. The number of nitrogens with zero attached hydrogens (tertiary/aromatic N) is 3. The van der Waals surface area contributed by atoms with Gasteiger partial charge >= 0.3 is 6.09 Å². The SMILES string of the molecule is N#CC1CCCCN1C(=O)C(N)CCCCNC(=O)OCc1ccc([N+](=O)[O-])cc1. The van der Waals surface area contributed by atoms with Crippen LogP contribution in [0.4, 0.5) is 10.5 Å². The molecule has 0 aliphatic carbocycles. The molecule has 2 unspecified atom stereocenters. The van der Waals surface area contributed by atoms with Gasteiger partial charge in [-0.2, -0.15) is 5.26 Å². The summed E-state index contributed by atoms with van der Waals surface area (Å²) in [4.78, 5) is 35.9. The lowest BCUT2D eigenvalue weighted by Crippen LogP contribution is -2.50. The van der Waals surface area contributed by atoms with Crippen LogP contribution in [-0.2, 0) is 16.1 Å². The Morgan fingerprint density at radius 3 is 2.73 bits per heavy atom. The lowest BCUT2D eigenvalue weighted by molar-refractivity contribution is -0.384. The molecule has 162 valence electrons. The summed E-state index contributed by atoms with van der Waals surface area (Å²) < 4.78 is 5.06. The van der Waals surface area contributed by atoms with E-state index in [1.54, 1.807) is 4.90 Å². The quantitative estimate of drug-likeness (QED) is 0.355. The van der Waals surface area contributed by atoms with Crippen molar-refractivity contribution in [3.63, 3.8) is 0 Å². The summed E-state index contributed by atoms with van der Waals surface area (Å²) in [5, 5.41) is 22.4. The highest BCUT2D eigenvalue weighted by Crippen LogP contribution is 2.18. The molecule has 2 amide bonds. The van der Waals surface area contributed by atoms with Crippen LogP contribution in [0.25, 0.3) is 0 Å². The van der Waals surface area contributed by atoms with E-state index in [-0.39, 0.29) is 24.2 Å². The first-order valence-electron chi connectivity index (χ1n) is 10.0. The van der Waals surface area contributed by atoms with E-state index in [2.05, 4.69) is 11.4 Å². The summed E-state index contributed by atoms with van der Waals surface area (Å²) in [6.07, 6.45) is 3.72. The molecule has 1 aromatic rings. The van der Waals surface area contributed by atoms with Gasteiger partial charge in [0.1, 0.15) is 12.6 Å². The van der Waals surface area contributed by atoms with E-state index in [9.17, 15) is 25.0 Å². The summed E-state index contributed by atoms with van der Waals surface area (Å²) in [7, 11) is 0. The molecular weight excluding hydrogens is 390 g/mol. The van der Waals surface area contributed by atoms with Gasteiger partial charge in [0.05, 0.1) is 17.0 Å². The molecule has 10 nitrogen and oxygen atoms in total. The van der Waals surface area contributed by atoms with Crippen molar-refractivity contribution < 1.29 is 19.2 Å². The number of likely N-dealkylation sites (tertiary alicyclic amines) is 1. The number of nitrogens with one attached hydrogen (secondary N) is 1. The predicted molar refractivity (Wildman–Crippen MR) is 108 cm³/mol. The van der Waals surface area contributed by atoms with Crippen molar-refractivity contribution in [1.82, 2.24) is 10.2 Å². The summed E-state index contributed by atoms with van der Waals surface area (Å²) >= 11 is 0. The monoisotopic (exact) mass is 417 g/mol. The topological polar surface area (TPSA) is 152 Å². The Balaban J connectivity index is 1.60. The summed E-state index contributed by atoms with van der Waals surface area (Å²) in [6.45, 7) is 0.969. The van der Waals surface area contributed by atoms with Gasteiger partial charge < -0.3 is 20.7 Å². The number of rotatable bonds is 9. The van der Waals surface area contributed by atoms with Gasteiger partial charge in [0.2, 0.25) is 5.91 Å². The number of nitrogens with two attached hydrogens (primary N) is 1. The first-order valence-corrected chi connectivity index (χ1v) is 10.0. The van der Waals surface area contributed by atoms with E-state index in [0.29, 0.717) is 44.3 Å². The van der Waals surface area contributed by atoms with Gasteiger partial charge in [-0.05, 0) is 56.2 Å². The van der Waals surface area contributed by atoms with Crippen molar-refractivity contribution >= 4 is 17.7 Å². The van der Waals surface area contributed by atoms with Crippen molar-refractivity contribution in [2.24, 2.45) is 5.73 Å². The highest BCUT2D eigenvalue weighted by Gasteiger charge is 2.29. The minimum absolute atomic E-state index is 0.0130. The van der Waals surface area contributed by atoms with E-state index in [0.717, 1.165) is 12.8 Å². The molecule has 1 heterocycles. The molecule has 1 saturated heterocycles. The number of hydrogen-bond acceptors (Lipinski definition) is 7. The number of non-ortho nitro benzene ring substituents is 1. The van der Waals surface area contributed by atoms with Gasteiger partial charge in [0, 0.05) is 25.2 Å². The minimum atomic E-state index is -0.645. The third kappa shape index (κ3) is 7.00. The lowest BCUT2D eigenvalue weighted by Gasteiger charge is -2.33. The smallest absolute Gasteiger partial charge is 0.407 e. The van der Waals surface area contributed by atoms with Gasteiger partial charge in [-0.1, -0.05) is 0 Å². The molecule has 3 N–H and O–H groups in total. The van der Waals surface area contributed by atoms with E-state index < -0.39 is 17.1 Å². The third-order valence-electron chi connectivity index (χ3n) is 4.98. The fourth-order valence-electron chi connectivity index (χ4n) is 3.26. The molecule has 0 aromatic heterocycles. The summed E-state index contributed by atoms with van der Waals surface area (Å²) in [5.41, 5.74) is 6.62. The number of amides is 2. The standard InChI is InChI=1S/C20H27N5O5/c21-13-17-5-2-4-12-24(17)19(26)18(22)6-1-3-11-23-20(27)30-14-15-7-9-16(10-8-15)25(28)29/h7-10,17-18H,1-6,11-12,14,22H2,(H,23,27). The highest BCUT2D eigenvalue weighted by molar-refractivity contribution is 5.82. The van der Waals surface area contributed by atoms with Crippen molar-refractivity contribution in [2.45, 2.75) is 57.2 Å². The highest BCUT2D eigenvalue weighted by atomic mass is 16.6. The molecule has 1 aromatic carbocycles. The molecule has 10 heteroatoms. The van der Waals surface area contributed by atoms with Crippen LogP contribution < -0.4 is 11.1 Å². The molecular formula is C20H27N5O5. The van der Waals surface area contributed by atoms with Gasteiger partial charge in [-0.3, -0.25) is 14.9 Å². The molecule has 1 aliphatic heterocycles. The minimum Gasteiger partial charge on any atom is -0.445 e. The fraction of sp³-hybridized carbons (Fsp3) is 0.550. The Morgan fingerprint density at radius 2 is 2.07 bits per heavy atom. The van der Waals surface area contributed by atoms with Crippen molar-refractivity contribution in [2.75, 3.05) is 13.1 Å². The molecule has 1 aliphatic rings. The second kappa shape index (κ2) is 11.7. The zero-order chi connectivity index (χ0) is 21.9. The second-order valence-corrected chi connectivity index (χ2v) is 7.20. The third-order valence-corrected chi connectivity index (χ3v) is 4.98. The Labute approximate surface area is 175 Å². The maximum absolute atomic E-state index is 12.4. The van der Waals surface area contributed by atoms with Crippen LogP contribution in [0.5, 0.6) is 0 Å². The van der Waals surface area contributed by atoms with Crippen LogP contribution in [0, 0.1) is 21.4 Å². The van der Waals surface area contributed by atoms with Crippen LogP contribution in [0.2, 0.25) is 0 Å². The largest absolute Gasteiger partial charge is 0.445 e. The predicted octanol–water partition coefficient (Wildman–Crippen LogP) is 2.22. The first-order chi connectivity index (χ1) is 14.4. The van der Waals surface area contributed by atoms with Gasteiger partial charge in [0.25, 0.3) is 5.69 Å². The average molecular weight is 417 g/mol. The van der Waals surface area contributed by atoms with E-state index >= 15 is 0 Å². The van der Waals surface area contributed by atoms with Crippen molar-refractivity contribution in [3.8, 4) is 6.07 Å². The second-order valence-electron chi connectivity index (χ2n) is 7.20. The number of piperidine rings is 1. The van der Waals surface area contributed by atoms with Crippen LogP contribution >= 0.6 is 0 Å². The Bertz CT molecular complexity index is 777. The number of hydrogen-bond donors (Lipinski definition) is 2. The zero-order valence-electron chi connectivity index (χ0n) is 16.8. The van der Waals surface area contributed by atoms with Crippen LogP contribution in [0.1, 0.15) is 44.1 Å². The Morgan fingerprint density at radius 1 is 1.33 bits per heavy atom. The molecule has 1 fully saturated rings. The zero-order valence-corrected chi connectivity index (χ0v) is 16.8. The molecule has 0 spiro atoms. The van der Waals surface area contributed by atoms with Crippen LogP contribution in [0.15, 0.2) is 24.3 Å². The molecule has 2 rings (SSSR count). The molecule has 0 bridgehead atoms. The number of unbranched alkanes of at least 4 members (excludes halogenated alkanes) is 1. The van der Waals surface area contributed by atoms with E-state index in [4.69, 9.17) is 10.5 Å². The fourth-order valence-corrected chi connectivity index (χ4v) is 3.26. The number of nitro groups is 1. The van der Waals surface area contributed by atoms with Gasteiger partial charge in [0.15, 0.2) is 0 Å². The van der Waals surface area contributed by atoms with E-state index in [1.165, 1.54) is 24.3 Å². The Hall–Kier alpha value is -3.19. The molecule has 0 saturated carbocycles. The number of alkyl carbamates (subject to hydrolysis) is 1. The summed E-state index contributed by atoms with van der Waals surface area (Å²) in [6, 6.07) is 6.90. The van der Waals surface area contributed by atoms with Crippen LogP contribution in [0.3, 0.4) is 0 Å². The number of carbonyl (C=O) groups excluding carboxylic acids is 2. The van der Waals surface area contributed by atoms with Crippen LogP contribution in [-0.4, -0.2) is 47.0 Å². The van der Waals surface area contributed by atoms with Crippen molar-refractivity contribution in [1.29, 1.82) is 5.26 Å². The molecule has 30 heavy (non-hydrogen) atoms. The average Bonchev–Trinajstić information content (AvgIpc) is 2.76. The summed E-state index contributed by atoms with van der Waals surface area (Å²) in [5.74, 6) is -0.184.